The fraction of sp³-hybridized carbons (Fsp3) is 0.300. The Balaban J connectivity index is 2.25. The molecule has 2 heterocycles. The fourth-order valence-corrected chi connectivity index (χ4v) is 1.43. The average Bonchev–Trinajstić information content (AvgIpc) is 2.82. The lowest BCUT2D eigenvalue weighted by atomic mass is 10.1. The van der Waals surface area contributed by atoms with Gasteiger partial charge in [-0.3, -0.25) is 0 Å². The van der Waals surface area contributed by atoms with Crippen LogP contribution in [0.25, 0.3) is 0 Å². The maximum Gasteiger partial charge on any atom is 0.196 e. The molecule has 1 atom stereocenters. The van der Waals surface area contributed by atoms with Gasteiger partial charge >= 0.3 is 0 Å². The fourth-order valence-electron chi connectivity index (χ4n) is 1.43. The average molecular weight is 229 g/mol. The van der Waals surface area contributed by atoms with Crippen LogP contribution in [-0.4, -0.2) is 25.6 Å². The molecule has 1 unspecified atom stereocenters. The lowest BCUT2D eigenvalue weighted by molar-refractivity contribution is 0.787. The summed E-state index contributed by atoms with van der Waals surface area (Å²) >= 11 is 0. The normalized spacial score (nSPS) is 11.8. The first-order chi connectivity index (χ1) is 8.22. The molecule has 2 rings (SSSR count). The van der Waals surface area contributed by atoms with E-state index in [1.54, 1.807) is 12.3 Å². The molecule has 0 aliphatic rings. The van der Waals surface area contributed by atoms with Crippen molar-refractivity contribution in [2.45, 2.75) is 19.9 Å². The number of H-pyrrole nitrogens is 1. The van der Waals surface area contributed by atoms with Crippen LogP contribution in [0.5, 0.6) is 0 Å². The summed E-state index contributed by atoms with van der Waals surface area (Å²) in [7, 11) is 0. The molecule has 0 radical (unpaired) electrons. The van der Waals surface area contributed by atoms with E-state index in [4.69, 9.17) is 5.26 Å². The highest BCUT2D eigenvalue weighted by Crippen LogP contribution is 2.19. The van der Waals surface area contributed by atoms with Crippen molar-refractivity contribution in [1.82, 2.24) is 25.6 Å². The highest BCUT2D eigenvalue weighted by atomic mass is 15.5. The number of nitrogens with one attached hydrogen (secondary N) is 2. The summed E-state index contributed by atoms with van der Waals surface area (Å²) in [6, 6.07) is 3.75. The standard InChI is InChI=1S/C10H11N7/c1-6-3-4-12-10(8(6)5-11)13-7(2)9-14-16-17-15-9/h3-4,7H,1-2H3,(H,12,13)(H,14,15,16,17). The van der Waals surface area contributed by atoms with Gasteiger partial charge in [-0.15, -0.1) is 10.2 Å². The van der Waals surface area contributed by atoms with Gasteiger partial charge in [0.1, 0.15) is 11.9 Å². The first-order valence-electron chi connectivity index (χ1n) is 5.08. The zero-order valence-corrected chi connectivity index (χ0v) is 9.47. The zero-order valence-electron chi connectivity index (χ0n) is 9.47. The van der Waals surface area contributed by atoms with Crippen molar-refractivity contribution in [2.24, 2.45) is 0 Å². The molecule has 0 fully saturated rings. The van der Waals surface area contributed by atoms with Gasteiger partial charge in [0, 0.05) is 6.20 Å². The smallest absolute Gasteiger partial charge is 0.196 e. The molecule has 0 aliphatic carbocycles. The largest absolute Gasteiger partial charge is 0.359 e. The quantitative estimate of drug-likeness (QED) is 0.812. The maximum atomic E-state index is 9.06. The van der Waals surface area contributed by atoms with Crippen LogP contribution >= 0.6 is 0 Å². The van der Waals surface area contributed by atoms with Crippen LogP contribution in [0.2, 0.25) is 0 Å². The van der Waals surface area contributed by atoms with Gasteiger partial charge in [-0.2, -0.15) is 10.5 Å². The Hall–Kier alpha value is -2.49. The number of anilines is 1. The van der Waals surface area contributed by atoms with Gasteiger partial charge < -0.3 is 5.32 Å². The van der Waals surface area contributed by atoms with E-state index in [1.165, 1.54) is 0 Å². The number of hydrogen-bond donors (Lipinski definition) is 2. The highest BCUT2D eigenvalue weighted by molar-refractivity contribution is 5.55. The van der Waals surface area contributed by atoms with Crippen LogP contribution in [0, 0.1) is 18.3 Å². The van der Waals surface area contributed by atoms with Gasteiger partial charge in [-0.1, -0.05) is 5.21 Å². The molecule has 17 heavy (non-hydrogen) atoms. The van der Waals surface area contributed by atoms with E-state index in [0.29, 0.717) is 17.2 Å². The highest BCUT2D eigenvalue weighted by Gasteiger charge is 2.13. The summed E-state index contributed by atoms with van der Waals surface area (Å²) in [6.45, 7) is 3.74. The van der Waals surface area contributed by atoms with E-state index in [2.05, 4.69) is 37.0 Å². The molecule has 2 N–H and O–H groups in total. The topological polar surface area (TPSA) is 103 Å². The molecular formula is C10H11N7. The minimum absolute atomic E-state index is 0.171. The molecule has 0 saturated heterocycles. The van der Waals surface area contributed by atoms with Crippen molar-refractivity contribution in [3.63, 3.8) is 0 Å². The third kappa shape index (κ3) is 2.20. The molecule has 7 heteroatoms. The predicted molar refractivity (Wildman–Crippen MR) is 59.9 cm³/mol. The summed E-state index contributed by atoms with van der Waals surface area (Å²) in [5, 5.41) is 25.8. The summed E-state index contributed by atoms with van der Waals surface area (Å²) < 4.78 is 0. The summed E-state index contributed by atoms with van der Waals surface area (Å²) in [4.78, 5) is 4.14. The van der Waals surface area contributed by atoms with Gasteiger partial charge in [-0.25, -0.2) is 4.98 Å². The Morgan fingerprint density at radius 1 is 1.53 bits per heavy atom. The molecule has 86 valence electrons. The number of aryl methyl sites for hydroxylation is 1. The minimum Gasteiger partial charge on any atom is -0.359 e. The second kappa shape index (κ2) is 4.57. The second-order valence-corrected chi connectivity index (χ2v) is 3.60. The number of aromatic nitrogens is 5. The second-order valence-electron chi connectivity index (χ2n) is 3.60. The van der Waals surface area contributed by atoms with Gasteiger partial charge in [0.2, 0.25) is 0 Å². The number of hydrogen-bond acceptors (Lipinski definition) is 6. The summed E-state index contributed by atoms with van der Waals surface area (Å²) in [5.74, 6) is 1.06. The van der Waals surface area contributed by atoms with Gasteiger partial charge in [0.25, 0.3) is 0 Å². The lowest BCUT2D eigenvalue weighted by Crippen LogP contribution is -2.11. The first-order valence-corrected chi connectivity index (χ1v) is 5.08. The number of rotatable bonds is 3. The minimum atomic E-state index is -0.171. The number of tetrazole rings is 1. The van der Waals surface area contributed by atoms with E-state index in [0.717, 1.165) is 5.56 Å². The molecule has 0 spiro atoms. The molecule has 0 aromatic carbocycles. The van der Waals surface area contributed by atoms with Crippen molar-refractivity contribution >= 4 is 5.82 Å². The van der Waals surface area contributed by atoms with Gasteiger partial charge in [-0.05, 0) is 25.5 Å². The molecule has 0 bridgehead atoms. The third-order valence-electron chi connectivity index (χ3n) is 2.37. The Morgan fingerprint density at radius 3 is 3.00 bits per heavy atom. The Kier molecular flexibility index (Phi) is 2.96. The molecule has 0 saturated carbocycles. The molecular weight excluding hydrogens is 218 g/mol. The van der Waals surface area contributed by atoms with Gasteiger partial charge in [0.15, 0.2) is 5.82 Å². The van der Waals surface area contributed by atoms with E-state index in [9.17, 15) is 0 Å². The number of aromatic amines is 1. The van der Waals surface area contributed by atoms with Crippen LogP contribution < -0.4 is 5.32 Å². The van der Waals surface area contributed by atoms with E-state index in [1.807, 2.05) is 13.8 Å². The monoisotopic (exact) mass is 229 g/mol. The number of nitrogens with zero attached hydrogens (tertiary/aromatic N) is 5. The van der Waals surface area contributed by atoms with Crippen molar-refractivity contribution in [2.75, 3.05) is 5.32 Å². The van der Waals surface area contributed by atoms with Crippen molar-refractivity contribution < 1.29 is 0 Å². The van der Waals surface area contributed by atoms with E-state index >= 15 is 0 Å². The molecule has 2 aromatic rings. The third-order valence-corrected chi connectivity index (χ3v) is 2.37. The molecule has 2 aromatic heterocycles. The number of nitriles is 1. The van der Waals surface area contributed by atoms with Crippen LogP contribution in [0.3, 0.4) is 0 Å². The summed E-state index contributed by atoms with van der Waals surface area (Å²) in [6.07, 6.45) is 1.65. The first kappa shape index (κ1) is 11.0. The van der Waals surface area contributed by atoms with Crippen LogP contribution in [0.1, 0.15) is 29.9 Å². The molecule has 0 amide bonds. The van der Waals surface area contributed by atoms with Crippen LogP contribution in [-0.2, 0) is 0 Å². The van der Waals surface area contributed by atoms with E-state index < -0.39 is 0 Å². The lowest BCUT2D eigenvalue weighted by Gasteiger charge is -2.12. The molecule has 0 aliphatic heterocycles. The van der Waals surface area contributed by atoms with E-state index in [-0.39, 0.29) is 6.04 Å². The molecule has 7 nitrogen and oxygen atoms in total. The number of pyridine rings is 1. The Labute approximate surface area is 97.9 Å². The zero-order chi connectivity index (χ0) is 12.3. The maximum absolute atomic E-state index is 9.06. The van der Waals surface area contributed by atoms with Crippen LogP contribution in [0.4, 0.5) is 5.82 Å². The van der Waals surface area contributed by atoms with Crippen molar-refractivity contribution in [3.8, 4) is 6.07 Å². The Morgan fingerprint density at radius 2 is 2.35 bits per heavy atom. The van der Waals surface area contributed by atoms with Crippen LogP contribution in [0.15, 0.2) is 12.3 Å². The van der Waals surface area contributed by atoms with Gasteiger partial charge in [0.05, 0.1) is 11.6 Å². The Bertz CT molecular complexity index is 540. The van der Waals surface area contributed by atoms with Crippen molar-refractivity contribution in [1.29, 1.82) is 5.26 Å². The summed E-state index contributed by atoms with van der Waals surface area (Å²) in [5.41, 5.74) is 1.41. The SMILES string of the molecule is Cc1ccnc(NC(C)c2nn[nH]n2)c1C#N. The van der Waals surface area contributed by atoms with Crippen molar-refractivity contribution in [3.05, 3.63) is 29.2 Å². The predicted octanol–water partition coefficient (Wildman–Crippen LogP) is 0.948.